The highest BCUT2D eigenvalue weighted by Gasteiger charge is 2.31. The van der Waals surface area contributed by atoms with Crippen LogP contribution in [0.25, 0.3) is 11.1 Å². The lowest BCUT2D eigenvalue weighted by Gasteiger charge is -2.36. The van der Waals surface area contributed by atoms with E-state index in [1.54, 1.807) is 18.3 Å². The monoisotopic (exact) mass is 355 g/mol. The molecule has 1 aliphatic carbocycles. The lowest BCUT2D eigenvalue weighted by molar-refractivity contribution is -0.137. The Bertz CT molecular complexity index is 766. The second kappa shape index (κ2) is 7.60. The van der Waals surface area contributed by atoms with Crippen LogP contribution in [0.3, 0.4) is 0 Å². The van der Waals surface area contributed by atoms with Crippen molar-refractivity contribution in [2.24, 2.45) is 5.92 Å². The van der Waals surface area contributed by atoms with Gasteiger partial charge in [-0.1, -0.05) is 31.4 Å². The Hall–Kier alpha value is -2.17. The number of halogens is 1. The normalized spacial score (nSPS) is 21.7. The van der Waals surface area contributed by atoms with Crippen molar-refractivity contribution >= 4 is 5.91 Å². The summed E-state index contributed by atoms with van der Waals surface area (Å²) in [6.07, 6.45) is 9.50. The molecule has 0 bridgehead atoms. The third-order valence-corrected chi connectivity index (χ3v) is 5.90. The summed E-state index contributed by atoms with van der Waals surface area (Å²) in [5.74, 6) is 0.539. The summed E-state index contributed by atoms with van der Waals surface area (Å²) in [6.45, 7) is 1.59. The predicted molar refractivity (Wildman–Crippen MR) is 99.1 cm³/mol. The molecule has 1 aliphatic heterocycles. The highest BCUT2D eigenvalue weighted by molar-refractivity contribution is 5.79. The van der Waals surface area contributed by atoms with E-state index in [-0.39, 0.29) is 17.7 Å². The van der Waals surface area contributed by atoms with Gasteiger partial charge in [0.2, 0.25) is 5.91 Å². The molecule has 0 spiro atoms. The van der Waals surface area contributed by atoms with Crippen LogP contribution in [0.4, 0.5) is 4.39 Å². The first-order valence-electron chi connectivity index (χ1n) is 9.80. The number of nitrogens with one attached hydrogen (secondary N) is 1. The number of hydrogen-bond acceptors (Lipinski definition) is 2. The Labute approximate surface area is 153 Å². The van der Waals surface area contributed by atoms with Gasteiger partial charge < -0.3 is 4.90 Å². The van der Waals surface area contributed by atoms with Crippen LogP contribution in [0.15, 0.2) is 30.5 Å². The molecule has 1 saturated carbocycles. The van der Waals surface area contributed by atoms with E-state index < -0.39 is 0 Å². The zero-order valence-corrected chi connectivity index (χ0v) is 15.1. The first kappa shape index (κ1) is 17.3. The Morgan fingerprint density at radius 1 is 1.15 bits per heavy atom. The molecule has 2 fully saturated rings. The summed E-state index contributed by atoms with van der Waals surface area (Å²) in [4.78, 5) is 15.0. The molecule has 2 aliphatic rings. The zero-order chi connectivity index (χ0) is 17.9. The van der Waals surface area contributed by atoms with Crippen LogP contribution in [0.5, 0.6) is 0 Å². The molecule has 5 heteroatoms. The van der Waals surface area contributed by atoms with E-state index in [0.29, 0.717) is 5.91 Å². The fourth-order valence-corrected chi connectivity index (χ4v) is 4.51. The van der Waals surface area contributed by atoms with E-state index in [9.17, 15) is 9.18 Å². The summed E-state index contributed by atoms with van der Waals surface area (Å²) in [5.41, 5.74) is 2.81. The maximum Gasteiger partial charge on any atom is 0.225 e. The van der Waals surface area contributed by atoms with Crippen molar-refractivity contribution < 1.29 is 9.18 Å². The average Bonchev–Trinajstić information content (AvgIpc) is 3.18. The van der Waals surface area contributed by atoms with Gasteiger partial charge in [0.05, 0.1) is 6.20 Å². The molecule has 138 valence electrons. The Morgan fingerprint density at radius 3 is 2.81 bits per heavy atom. The van der Waals surface area contributed by atoms with E-state index in [0.717, 1.165) is 55.6 Å². The predicted octanol–water partition coefficient (Wildman–Crippen LogP) is 4.50. The van der Waals surface area contributed by atoms with E-state index in [2.05, 4.69) is 15.1 Å². The minimum atomic E-state index is -0.243. The van der Waals surface area contributed by atoms with Crippen molar-refractivity contribution in [1.82, 2.24) is 15.1 Å². The van der Waals surface area contributed by atoms with Crippen molar-refractivity contribution in [1.29, 1.82) is 0 Å². The summed E-state index contributed by atoms with van der Waals surface area (Å²) < 4.78 is 13.6. The molecule has 1 amide bonds. The number of hydrogen-bond donors (Lipinski definition) is 1. The van der Waals surface area contributed by atoms with Crippen molar-refractivity contribution in [2.45, 2.75) is 50.9 Å². The molecule has 4 rings (SSSR count). The third kappa shape index (κ3) is 3.53. The smallest absolute Gasteiger partial charge is 0.225 e. The number of nitrogens with zero attached hydrogens (tertiary/aromatic N) is 2. The van der Waals surface area contributed by atoms with Crippen LogP contribution < -0.4 is 0 Å². The number of carbonyl (C=O) groups is 1. The molecule has 2 heterocycles. The van der Waals surface area contributed by atoms with Gasteiger partial charge in [0, 0.05) is 36.2 Å². The van der Waals surface area contributed by atoms with Gasteiger partial charge in [-0.05, 0) is 43.4 Å². The standard InChI is InChI=1S/C21H26FN3O/c22-18-10-4-8-16(12-18)19-13-23-24-20(19)17-9-5-11-25(14-17)21(26)15-6-2-1-3-7-15/h4,8,10,12-13,15,17H,1-3,5-7,9,11,14H2,(H,23,24)/t17-/m1/s1. The number of amides is 1. The minimum absolute atomic E-state index is 0.215. The third-order valence-electron chi connectivity index (χ3n) is 5.90. The number of piperidine rings is 1. The van der Waals surface area contributed by atoms with Gasteiger partial charge in [0.1, 0.15) is 5.82 Å². The van der Waals surface area contributed by atoms with Crippen LogP contribution >= 0.6 is 0 Å². The van der Waals surface area contributed by atoms with Crippen LogP contribution in [0.2, 0.25) is 0 Å². The molecule has 2 aromatic rings. The zero-order valence-electron chi connectivity index (χ0n) is 15.1. The summed E-state index contributed by atoms with van der Waals surface area (Å²) in [5, 5.41) is 7.33. The molecule has 1 atom stereocenters. The molecular weight excluding hydrogens is 329 g/mol. The number of rotatable bonds is 3. The van der Waals surface area contributed by atoms with Crippen LogP contribution in [-0.2, 0) is 4.79 Å². The van der Waals surface area contributed by atoms with Gasteiger partial charge in [-0.15, -0.1) is 0 Å². The lowest BCUT2D eigenvalue weighted by Crippen LogP contribution is -2.43. The van der Waals surface area contributed by atoms with E-state index in [4.69, 9.17) is 0 Å². The van der Waals surface area contributed by atoms with Gasteiger partial charge in [-0.25, -0.2) is 4.39 Å². The fourth-order valence-electron chi connectivity index (χ4n) is 4.51. The number of H-pyrrole nitrogens is 1. The van der Waals surface area contributed by atoms with E-state index >= 15 is 0 Å². The van der Waals surface area contributed by atoms with Gasteiger partial charge >= 0.3 is 0 Å². The van der Waals surface area contributed by atoms with Crippen LogP contribution in [0, 0.1) is 11.7 Å². The summed E-state index contributed by atoms with van der Waals surface area (Å²) in [7, 11) is 0. The van der Waals surface area contributed by atoms with Crippen molar-refractivity contribution in [3.05, 3.63) is 42.0 Å². The average molecular weight is 355 g/mol. The minimum Gasteiger partial charge on any atom is -0.342 e. The Kier molecular flexibility index (Phi) is 5.05. The molecule has 26 heavy (non-hydrogen) atoms. The van der Waals surface area contributed by atoms with Crippen molar-refractivity contribution in [3.8, 4) is 11.1 Å². The lowest BCUT2D eigenvalue weighted by atomic mass is 9.86. The summed E-state index contributed by atoms with van der Waals surface area (Å²) in [6, 6.07) is 6.63. The second-order valence-corrected chi connectivity index (χ2v) is 7.67. The van der Waals surface area contributed by atoms with Gasteiger partial charge in [0.25, 0.3) is 0 Å². The SMILES string of the molecule is O=C(C1CCCCC1)N1CCC[C@@H](c2[nH]ncc2-c2cccc(F)c2)C1. The van der Waals surface area contributed by atoms with E-state index in [1.165, 1.54) is 25.3 Å². The number of likely N-dealkylation sites (tertiary alicyclic amines) is 1. The van der Waals surface area contributed by atoms with Crippen LogP contribution in [-0.4, -0.2) is 34.1 Å². The number of benzene rings is 1. The highest BCUT2D eigenvalue weighted by Crippen LogP contribution is 2.34. The molecule has 0 unspecified atom stereocenters. The van der Waals surface area contributed by atoms with E-state index in [1.807, 2.05) is 6.07 Å². The largest absolute Gasteiger partial charge is 0.342 e. The first-order valence-corrected chi connectivity index (χ1v) is 9.80. The topological polar surface area (TPSA) is 49.0 Å². The maximum atomic E-state index is 13.6. The number of carbonyl (C=O) groups excluding carboxylic acids is 1. The molecule has 1 aromatic heterocycles. The molecule has 0 radical (unpaired) electrons. The fraction of sp³-hybridized carbons (Fsp3) is 0.524. The van der Waals surface area contributed by atoms with Crippen LogP contribution in [0.1, 0.15) is 56.6 Å². The molecule has 1 N–H and O–H groups in total. The number of aromatic nitrogens is 2. The Morgan fingerprint density at radius 2 is 2.00 bits per heavy atom. The van der Waals surface area contributed by atoms with Gasteiger partial charge in [0.15, 0.2) is 0 Å². The summed E-state index contributed by atoms with van der Waals surface area (Å²) >= 11 is 0. The highest BCUT2D eigenvalue weighted by atomic mass is 19.1. The second-order valence-electron chi connectivity index (χ2n) is 7.67. The van der Waals surface area contributed by atoms with Crippen molar-refractivity contribution in [3.63, 3.8) is 0 Å². The number of aromatic amines is 1. The molecule has 1 aromatic carbocycles. The van der Waals surface area contributed by atoms with Gasteiger partial charge in [-0.3, -0.25) is 9.89 Å². The van der Waals surface area contributed by atoms with Gasteiger partial charge in [-0.2, -0.15) is 5.10 Å². The molecule has 1 saturated heterocycles. The quantitative estimate of drug-likeness (QED) is 0.881. The Balaban J connectivity index is 1.52. The first-order chi connectivity index (χ1) is 12.7. The van der Waals surface area contributed by atoms with Crippen molar-refractivity contribution in [2.75, 3.05) is 13.1 Å². The maximum absolute atomic E-state index is 13.6. The molecular formula is C21H26FN3O. The molecule has 4 nitrogen and oxygen atoms in total.